The first-order chi connectivity index (χ1) is 10.6. The summed E-state index contributed by atoms with van der Waals surface area (Å²) in [5, 5.41) is 4.92. The van der Waals surface area contributed by atoms with Gasteiger partial charge in [0.15, 0.2) is 5.78 Å². The third-order valence-electron chi connectivity index (χ3n) is 4.03. The molecule has 0 aliphatic heterocycles. The third-order valence-corrected chi connectivity index (χ3v) is 4.28. The van der Waals surface area contributed by atoms with Crippen molar-refractivity contribution in [2.45, 2.75) is 25.7 Å². The van der Waals surface area contributed by atoms with E-state index >= 15 is 0 Å². The van der Waals surface area contributed by atoms with Crippen molar-refractivity contribution in [1.29, 1.82) is 0 Å². The number of carbonyl (C=O) groups excluding carboxylic acids is 1. The predicted molar refractivity (Wildman–Crippen MR) is 82.4 cm³/mol. The lowest BCUT2D eigenvalue weighted by Crippen LogP contribution is -2.21. The monoisotopic (exact) mass is 312 g/mol. The van der Waals surface area contributed by atoms with Crippen molar-refractivity contribution in [1.82, 2.24) is 19.6 Å². The molecule has 110 valence electrons. The van der Waals surface area contributed by atoms with Gasteiger partial charge in [-0.15, -0.1) is 0 Å². The van der Waals surface area contributed by atoms with Crippen LogP contribution in [0.3, 0.4) is 0 Å². The lowest BCUT2D eigenvalue weighted by atomic mass is 9.82. The van der Waals surface area contributed by atoms with Gasteiger partial charge in [-0.05, 0) is 37.0 Å². The molecular weight excluding hydrogens is 300 g/mol. The predicted octanol–water partition coefficient (Wildman–Crippen LogP) is 3.00. The van der Waals surface area contributed by atoms with E-state index in [1.54, 1.807) is 10.7 Å². The van der Waals surface area contributed by atoms with Crippen LogP contribution in [-0.4, -0.2) is 25.4 Å². The first-order valence-electron chi connectivity index (χ1n) is 7.12. The Morgan fingerprint density at radius 2 is 1.95 bits per heavy atom. The van der Waals surface area contributed by atoms with Crippen molar-refractivity contribution in [3.63, 3.8) is 0 Å². The highest BCUT2D eigenvalue weighted by Gasteiger charge is 2.28. The van der Waals surface area contributed by atoms with Gasteiger partial charge in [0.25, 0.3) is 5.78 Å². The van der Waals surface area contributed by atoms with Crippen molar-refractivity contribution < 1.29 is 4.79 Å². The molecule has 0 radical (unpaired) electrons. The summed E-state index contributed by atoms with van der Waals surface area (Å²) in [6, 6.07) is 7.67. The molecule has 5 nitrogen and oxygen atoms in total. The molecule has 1 aromatic carbocycles. The number of carbonyl (C=O) groups is 1. The summed E-state index contributed by atoms with van der Waals surface area (Å²) in [4.78, 5) is 21.2. The second-order valence-corrected chi connectivity index (χ2v) is 6.02. The molecular formula is C16H13ClN4O. The summed E-state index contributed by atoms with van der Waals surface area (Å²) in [5.74, 6) is 1.43. The molecule has 1 aliphatic carbocycles. The lowest BCUT2D eigenvalue weighted by molar-refractivity contribution is 0.0962. The minimum absolute atomic E-state index is 0.101. The van der Waals surface area contributed by atoms with Crippen LogP contribution in [-0.2, 0) is 6.42 Å². The highest BCUT2D eigenvalue weighted by molar-refractivity contribution is 6.30. The number of fused-ring (bicyclic) bond motifs is 2. The maximum atomic E-state index is 12.5. The number of halogens is 1. The molecule has 22 heavy (non-hydrogen) atoms. The normalized spacial score (nSPS) is 17.7. The zero-order valence-corrected chi connectivity index (χ0v) is 12.7. The van der Waals surface area contributed by atoms with Crippen LogP contribution in [0.5, 0.6) is 0 Å². The summed E-state index contributed by atoms with van der Waals surface area (Å²) in [7, 11) is 0. The van der Waals surface area contributed by atoms with Gasteiger partial charge in [0.1, 0.15) is 5.82 Å². The van der Waals surface area contributed by atoms with Crippen LogP contribution >= 0.6 is 11.6 Å². The van der Waals surface area contributed by atoms with Gasteiger partial charge >= 0.3 is 0 Å². The Bertz CT molecular complexity index is 885. The number of nitrogens with zero attached hydrogens (tertiary/aromatic N) is 4. The van der Waals surface area contributed by atoms with E-state index < -0.39 is 0 Å². The summed E-state index contributed by atoms with van der Waals surface area (Å²) in [6.45, 7) is 1.81. The van der Waals surface area contributed by atoms with Gasteiger partial charge in [0.05, 0.1) is 11.3 Å². The molecule has 0 bridgehead atoms. The van der Waals surface area contributed by atoms with E-state index in [9.17, 15) is 4.79 Å². The third kappa shape index (κ3) is 2.18. The number of Topliss-reactive ketones (excluding diaryl/α,β-unsaturated/α-hetero) is 1. The van der Waals surface area contributed by atoms with Crippen LogP contribution in [0, 0.1) is 6.92 Å². The van der Waals surface area contributed by atoms with Crippen LogP contribution in [0.1, 0.15) is 39.8 Å². The number of ketones is 1. The fourth-order valence-electron chi connectivity index (χ4n) is 2.96. The smallest absolute Gasteiger partial charge is 0.252 e. The van der Waals surface area contributed by atoms with Crippen LogP contribution in [0.4, 0.5) is 0 Å². The maximum Gasteiger partial charge on any atom is 0.252 e. The second kappa shape index (κ2) is 4.88. The van der Waals surface area contributed by atoms with E-state index in [1.807, 2.05) is 31.2 Å². The van der Waals surface area contributed by atoms with Crippen molar-refractivity contribution in [2.75, 3.05) is 0 Å². The van der Waals surface area contributed by atoms with Crippen molar-refractivity contribution >= 4 is 23.2 Å². The van der Waals surface area contributed by atoms with E-state index in [0.29, 0.717) is 28.6 Å². The van der Waals surface area contributed by atoms with E-state index in [-0.39, 0.29) is 11.7 Å². The maximum absolute atomic E-state index is 12.5. The number of rotatable bonds is 1. The first kappa shape index (κ1) is 13.4. The van der Waals surface area contributed by atoms with Gasteiger partial charge in [-0.25, -0.2) is 9.50 Å². The average Bonchev–Trinajstić information content (AvgIpc) is 2.85. The van der Waals surface area contributed by atoms with E-state index in [0.717, 1.165) is 17.7 Å². The molecule has 0 saturated carbocycles. The molecule has 0 spiro atoms. The van der Waals surface area contributed by atoms with Gasteiger partial charge in [-0.3, -0.25) is 4.79 Å². The molecule has 2 aromatic heterocycles. The van der Waals surface area contributed by atoms with Crippen LogP contribution in [0.2, 0.25) is 5.02 Å². The number of benzene rings is 1. The van der Waals surface area contributed by atoms with Crippen molar-refractivity contribution in [3.8, 4) is 0 Å². The fraction of sp³-hybridized carbons (Fsp3) is 0.250. The Morgan fingerprint density at radius 3 is 2.73 bits per heavy atom. The fourth-order valence-corrected chi connectivity index (χ4v) is 3.08. The van der Waals surface area contributed by atoms with Crippen molar-refractivity contribution in [2.24, 2.45) is 0 Å². The molecule has 0 amide bonds. The van der Waals surface area contributed by atoms with E-state index in [2.05, 4.69) is 15.1 Å². The highest BCUT2D eigenvalue weighted by Crippen LogP contribution is 2.32. The van der Waals surface area contributed by atoms with Crippen LogP contribution in [0.25, 0.3) is 5.78 Å². The minimum Gasteiger partial charge on any atom is -0.294 e. The topological polar surface area (TPSA) is 60.1 Å². The van der Waals surface area contributed by atoms with Gasteiger partial charge in [0, 0.05) is 17.6 Å². The molecule has 1 atom stereocenters. The second-order valence-electron chi connectivity index (χ2n) is 5.58. The van der Waals surface area contributed by atoms with Gasteiger partial charge < -0.3 is 0 Å². The van der Waals surface area contributed by atoms with Crippen molar-refractivity contribution in [3.05, 3.63) is 58.1 Å². The van der Waals surface area contributed by atoms with E-state index in [1.165, 1.54) is 0 Å². The average molecular weight is 313 g/mol. The molecule has 0 unspecified atom stereocenters. The largest absolute Gasteiger partial charge is 0.294 e. The molecule has 4 rings (SSSR count). The van der Waals surface area contributed by atoms with Gasteiger partial charge in [0.2, 0.25) is 0 Å². The molecule has 0 N–H and O–H groups in total. The molecule has 6 heteroatoms. The van der Waals surface area contributed by atoms with Gasteiger partial charge in [-0.1, -0.05) is 23.7 Å². The summed E-state index contributed by atoms with van der Waals surface area (Å²) in [5.41, 5.74) is 2.57. The van der Waals surface area contributed by atoms with Crippen LogP contribution in [0.15, 0.2) is 30.5 Å². The Balaban J connectivity index is 1.77. The Morgan fingerprint density at radius 1 is 1.18 bits per heavy atom. The Kier molecular flexibility index (Phi) is 2.97. The number of aryl methyl sites for hydroxylation is 1. The standard InChI is InChI=1S/C16H13ClN4O/c1-9-18-16-19-14-6-11(10-2-4-12(17)5-3-10)7-15(22)13(14)8-21(16)20-9/h2-5,8,11H,6-7H2,1H3/t11-/m1/s1. The summed E-state index contributed by atoms with van der Waals surface area (Å²) in [6.07, 6.45) is 2.96. The lowest BCUT2D eigenvalue weighted by Gasteiger charge is -2.23. The molecule has 3 aromatic rings. The van der Waals surface area contributed by atoms with E-state index in [4.69, 9.17) is 11.6 Å². The van der Waals surface area contributed by atoms with Crippen LogP contribution < -0.4 is 0 Å². The zero-order chi connectivity index (χ0) is 15.3. The number of hydrogen-bond acceptors (Lipinski definition) is 4. The number of aromatic nitrogens is 4. The minimum atomic E-state index is 0.101. The molecule has 0 fully saturated rings. The number of hydrogen-bond donors (Lipinski definition) is 0. The zero-order valence-electron chi connectivity index (χ0n) is 12.0. The first-order valence-corrected chi connectivity index (χ1v) is 7.49. The highest BCUT2D eigenvalue weighted by atomic mass is 35.5. The summed E-state index contributed by atoms with van der Waals surface area (Å²) >= 11 is 5.93. The molecule has 1 aliphatic rings. The Hall–Kier alpha value is -2.27. The molecule has 2 heterocycles. The quantitative estimate of drug-likeness (QED) is 0.693. The SMILES string of the molecule is Cc1nc2nc3c(cn2n1)C(=O)C[C@H](c1ccc(Cl)cc1)C3. The van der Waals surface area contributed by atoms with Gasteiger partial charge in [-0.2, -0.15) is 10.1 Å². The summed E-state index contributed by atoms with van der Waals surface area (Å²) < 4.78 is 1.58. The Labute approximate surface area is 132 Å². The molecule has 0 saturated heterocycles.